The van der Waals surface area contributed by atoms with Gasteiger partial charge >= 0.3 is 5.97 Å². The number of carbonyl (C=O) groups is 3. The number of hydrogen-bond donors (Lipinski definition) is 2. The minimum absolute atomic E-state index is 0.0315. The molecule has 1 aromatic carbocycles. The van der Waals surface area contributed by atoms with Crippen LogP contribution in [0.2, 0.25) is 0 Å². The first-order valence-electron chi connectivity index (χ1n) is 8.46. The molecule has 0 bridgehead atoms. The summed E-state index contributed by atoms with van der Waals surface area (Å²) in [7, 11) is 0. The fourth-order valence-electron chi connectivity index (χ4n) is 2.69. The number of benzene rings is 1. The van der Waals surface area contributed by atoms with Crippen molar-refractivity contribution in [3.05, 3.63) is 71.9 Å². The third kappa shape index (κ3) is 4.29. The first-order valence-corrected chi connectivity index (χ1v) is 8.46. The molecule has 2 aromatic heterocycles. The van der Waals surface area contributed by atoms with Crippen LogP contribution in [-0.4, -0.2) is 38.8 Å². The number of rotatable bonds is 7. The minimum atomic E-state index is -1.63. The number of aliphatic carboxylic acids is 1. The average molecular weight is 379 g/mol. The molecule has 2 N–H and O–H groups in total. The molecule has 0 aliphatic rings. The molecule has 0 fully saturated rings. The van der Waals surface area contributed by atoms with Gasteiger partial charge in [0.05, 0.1) is 5.69 Å². The normalized spacial score (nSPS) is 11.6. The molecule has 1 amide bonds. The first-order chi connectivity index (χ1) is 13.5. The quantitative estimate of drug-likeness (QED) is 0.602. The second kappa shape index (κ2) is 8.26. The van der Waals surface area contributed by atoms with Crippen molar-refractivity contribution in [3.8, 4) is 11.4 Å². The molecular weight excluding hydrogens is 362 g/mol. The number of Topliss-reactive ketones (excluding diaryl/α,β-unsaturated/α-hetero) is 1. The zero-order valence-electron chi connectivity index (χ0n) is 15.0. The average Bonchev–Trinajstić information content (AvgIpc) is 3.10. The maximum Gasteiger partial charge on any atom is 0.374 e. The highest BCUT2D eigenvalue weighted by Crippen LogP contribution is 2.22. The van der Waals surface area contributed by atoms with Crippen molar-refractivity contribution in [2.24, 2.45) is 0 Å². The number of nitrogens with zero attached hydrogens (tertiary/aromatic N) is 2. The number of aryl methyl sites for hydroxylation is 1. The topological polar surface area (TPSA) is 122 Å². The highest BCUT2D eigenvalue weighted by atomic mass is 16.4. The highest BCUT2D eigenvalue weighted by molar-refractivity contribution is 6.35. The number of nitrogens with one attached hydrogen (secondary N) is 1. The van der Waals surface area contributed by atoms with Crippen molar-refractivity contribution in [2.45, 2.75) is 19.4 Å². The van der Waals surface area contributed by atoms with E-state index in [1.807, 2.05) is 0 Å². The molecule has 8 nitrogen and oxygen atoms in total. The van der Waals surface area contributed by atoms with E-state index in [9.17, 15) is 14.4 Å². The summed E-state index contributed by atoms with van der Waals surface area (Å²) >= 11 is 0. The fraction of sp³-hybridized carbons (Fsp3) is 0.150. The van der Waals surface area contributed by atoms with Crippen molar-refractivity contribution in [3.63, 3.8) is 0 Å². The summed E-state index contributed by atoms with van der Waals surface area (Å²) in [5.74, 6) is -3.37. The van der Waals surface area contributed by atoms with Crippen LogP contribution in [0.1, 0.15) is 22.0 Å². The van der Waals surface area contributed by atoms with E-state index in [2.05, 4.69) is 15.3 Å². The van der Waals surface area contributed by atoms with Crippen molar-refractivity contribution >= 4 is 17.7 Å². The first kappa shape index (κ1) is 19.0. The molecule has 2 heterocycles. The Bertz CT molecular complexity index is 999. The summed E-state index contributed by atoms with van der Waals surface area (Å²) in [6.07, 6.45) is 1.58. The third-order valence-corrected chi connectivity index (χ3v) is 3.96. The van der Waals surface area contributed by atoms with Gasteiger partial charge in [-0.3, -0.25) is 14.6 Å². The van der Waals surface area contributed by atoms with Crippen LogP contribution >= 0.6 is 0 Å². The van der Waals surface area contributed by atoms with Crippen LogP contribution in [0.4, 0.5) is 0 Å². The Morgan fingerprint density at radius 2 is 1.82 bits per heavy atom. The second-order valence-corrected chi connectivity index (χ2v) is 6.01. The molecule has 3 aromatic rings. The van der Waals surface area contributed by atoms with E-state index in [-0.39, 0.29) is 23.8 Å². The van der Waals surface area contributed by atoms with Crippen LogP contribution in [0, 0.1) is 6.92 Å². The van der Waals surface area contributed by atoms with Crippen LogP contribution in [0.5, 0.6) is 0 Å². The Morgan fingerprint density at radius 3 is 2.46 bits per heavy atom. The minimum Gasteiger partial charge on any atom is -0.475 e. The number of ketones is 1. The van der Waals surface area contributed by atoms with E-state index in [1.165, 1.54) is 0 Å². The van der Waals surface area contributed by atoms with Gasteiger partial charge < -0.3 is 14.8 Å². The molecule has 0 radical (unpaired) electrons. The zero-order valence-corrected chi connectivity index (χ0v) is 15.0. The molecule has 142 valence electrons. The predicted molar refractivity (Wildman–Crippen MR) is 98.5 cm³/mol. The van der Waals surface area contributed by atoms with Crippen molar-refractivity contribution in [1.82, 2.24) is 15.3 Å². The molecule has 0 saturated carbocycles. The molecule has 0 spiro atoms. The molecule has 1 unspecified atom stereocenters. The van der Waals surface area contributed by atoms with Gasteiger partial charge in [-0.25, -0.2) is 9.78 Å². The molecular formula is C20H17N3O5. The SMILES string of the molecule is Cc1nc(-c2ccccn2)c(C(=O)NC(Cc2ccccc2)C(=O)C(=O)O)o1. The number of carboxylic acids is 1. The molecule has 0 aliphatic heterocycles. The number of hydrogen-bond acceptors (Lipinski definition) is 6. The second-order valence-electron chi connectivity index (χ2n) is 6.01. The van der Waals surface area contributed by atoms with E-state index in [0.717, 1.165) is 0 Å². The van der Waals surface area contributed by atoms with Crippen LogP contribution in [0.15, 0.2) is 59.1 Å². The Hall–Kier alpha value is -3.81. The molecule has 0 saturated heterocycles. The Kier molecular flexibility index (Phi) is 5.59. The van der Waals surface area contributed by atoms with E-state index >= 15 is 0 Å². The van der Waals surface area contributed by atoms with Gasteiger partial charge in [-0.1, -0.05) is 36.4 Å². The lowest BCUT2D eigenvalue weighted by Gasteiger charge is -2.15. The molecule has 28 heavy (non-hydrogen) atoms. The van der Waals surface area contributed by atoms with Gasteiger partial charge in [0.2, 0.25) is 5.76 Å². The van der Waals surface area contributed by atoms with Crippen molar-refractivity contribution in [1.29, 1.82) is 0 Å². The number of carboxylic acid groups (broad SMARTS) is 1. The number of pyridine rings is 1. The third-order valence-electron chi connectivity index (χ3n) is 3.96. The van der Waals surface area contributed by atoms with E-state index in [4.69, 9.17) is 9.52 Å². The Balaban J connectivity index is 1.88. The Labute approximate surface area is 160 Å². The molecule has 1 atom stereocenters. The van der Waals surface area contributed by atoms with E-state index in [0.29, 0.717) is 11.3 Å². The number of oxazole rings is 1. The van der Waals surface area contributed by atoms with Crippen molar-refractivity contribution in [2.75, 3.05) is 0 Å². The highest BCUT2D eigenvalue weighted by Gasteiger charge is 2.30. The van der Waals surface area contributed by atoms with Gasteiger partial charge in [0, 0.05) is 19.5 Å². The summed E-state index contributed by atoms with van der Waals surface area (Å²) in [6, 6.07) is 12.7. The largest absolute Gasteiger partial charge is 0.475 e. The van der Waals surface area contributed by atoms with Gasteiger partial charge in [0.15, 0.2) is 5.89 Å². The van der Waals surface area contributed by atoms with E-state index < -0.39 is 23.7 Å². The summed E-state index contributed by atoms with van der Waals surface area (Å²) < 4.78 is 5.40. The number of carbonyl (C=O) groups excluding carboxylic acids is 2. The van der Waals surface area contributed by atoms with Crippen LogP contribution in [0.25, 0.3) is 11.4 Å². The molecule has 3 rings (SSSR count). The number of aromatic nitrogens is 2. The smallest absolute Gasteiger partial charge is 0.374 e. The van der Waals surface area contributed by atoms with Gasteiger partial charge in [0.25, 0.3) is 11.7 Å². The molecule has 0 aliphatic carbocycles. The monoisotopic (exact) mass is 379 g/mol. The van der Waals surface area contributed by atoms with Crippen LogP contribution < -0.4 is 5.32 Å². The molecule has 8 heteroatoms. The lowest BCUT2D eigenvalue weighted by atomic mass is 10.0. The van der Waals surface area contributed by atoms with Gasteiger partial charge in [-0.2, -0.15) is 0 Å². The number of amides is 1. The van der Waals surface area contributed by atoms with Crippen LogP contribution in [-0.2, 0) is 16.0 Å². The lowest BCUT2D eigenvalue weighted by molar-refractivity contribution is -0.149. The van der Waals surface area contributed by atoms with Gasteiger partial charge in [-0.05, 0) is 17.7 Å². The predicted octanol–water partition coefficient (Wildman–Crippen LogP) is 2.04. The summed E-state index contributed by atoms with van der Waals surface area (Å²) in [4.78, 5) is 44.4. The van der Waals surface area contributed by atoms with Gasteiger partial charge in [-0.15, -0.1) is 0 Å². The lowest BCUT2D eigenvalue weighted by Crippen LogP contribution is -2.45. The summed E-state index contributed by atoms with van der Waals surface area (Å²) in [6.45, 7) is 1.58. The standard InChI is InChI=1S/C20H17N3O5/c1-12-22-16(14-9-5-6-10-21-14)18(28-12)19(25)23-15(17(24)20(26)27)11-13-7-3-2-4-8-13/h2-10,15H,11H2,1H3,(H,23,25)(H,26,27). The van der Waals surface area contributed by atoms with Crippen LogP contribution in [0.3, 0.4) is 0 Å². The maximum atomic E-state index is 12.8. The summed E-state index contributed by atoms with van der Waals surface area (Å²) in [5, 5.41) is 11.6. The maximum absolute atomic E-state index is 12.8. The Morgan fingerprint density at radius 1 is 1.11 bits per heavy atom. The van der Waals surface area contributed by atoms with E-state index in [1.54, 1.807) is 61.7 Å². The van der Waals surface area contributed by atoms with Crippen molar-refractivity contribution < 1.29 is 23.9 Å². The van der Waals surface area contributed by atoms with Gasteiger partial charge in [0.1, 0.15) is 11.7 Å². The zero-order chi connectivity index (χ0) is 20.1. The fourth-order valence-corrected chi connectivity index (χ4v) is 2.69. The summed E-state index contributed by atoms with van der Waals surface area (Å²) in [5.41, 5.74) is 1.35.